The van der Waals surface area contributed by atoms with Crippen molar-refractivity contribution in [1.82, 2.24) is 9.97 Å². The van der Waals surface area contributed by atoms with Crippen molar-refractivity contribution in [3.05, 3.63) is 59.5 Å². The van der Waals surface area contributed by atoms with Crippen LogP contribution in [0.15, 0.2) is 42.6 Å². The Morgan fingerprint density at radius 3 is 1.92 bits per heavy atom. The number of halogens is 6. The molecule has 0 fully saturated rings. The van der Waals surface area contributed by atoms with E-state index in [0.29, 0.717) is 28.9 Å². The van der Waals surface area contributed by atoms with E-state index < -0.39 is 23.5 Å². The number of aromatic nitrogens is 2. The summed E-state index contributed by atoms with van der Waals surface area (Å²) in [6, 6.07) is 5.94. The van der Waals surface area contributed by atoms with Gasteiger partial charge in [-0.1, -0.05) is 6.07 Å². The summed E-state index contributed by atoms with van der Waals surface area (Å²) in [5.74, 6) is 0.513. The molecule has 8 heteroatoms. The zero-order chi connectivity index (χ0) is 18.4. The molecule has 0 unspecified atom stereocenters. The molecule has 1 heterocycles. The summed E-state index contributed by atoms with van der Waals surface area (Å²) in [5, 5.41) is 0.522. The van der Waals surface area contributed by atoms with Crippen molar-refractivity contribution in [2.45, 2.75) is 19.3 Å². The highest BCUT2D eigenvalue weighted by molar-refractivity contribution is 5.84. The molecule has 0 atom stereocenters. The van der Waals surface area contributed by atoms with E-state index in [1.165, 1.54) is 24.4 Å². The van der Waals surface area contributed by atoms with E-state index in [1.807, 2.05) is 0 Å². The average Bonchev–Trinajstić information content (AvgIpc) is 2.52. The topological polar surface area (TPSA) is 25.8 Å². The Bertz CT molecular complexity index is 912. The minimum Gasteiger partial charge on any atom is -0.241 e. The smallest absolute Gasteiger partial charge is 0.241 e. The Balaban J connectivity index is 2.20. The predicted molar refractivity (Wildman–Crippen MR) is 79.7 cm³/mol. The lowest BCUT2D eigenvalue weighted by Crippen LogP contribution is -2.11. The molecule has 25 heavy (non-hydrogen) atoms. The van der Waals surface area contributed by atoms with Gasteiger partial charge in [0.25, 0.3) is 0 Å². The van der Waals surface area contributed by atoms with Crippen molar-refractivity contribution in [2.24, 2.45) is 0 Å². The molecule has 1 aromatic heterocycles. The third-order valence-electron chi connectivity index (χ3n) is 3.62. The van der Waals surface area contributed by atoms with Crippen molar-refractivity contribution >= 4 is 10.9 Å². The highest BCUT2D eigenvalue weighted by Gasteiger charge is 2.37. The van der Waals surface area contributed by atoms with Gasteiger partial charge in [0.2, 0.25) is 0 Å². The molecule has 0 saturated heterocycles. The first-order valence-corrected chi connectivity index (χ1v) is 7.07. The van der Waals surface area contributed by atoms with Crippen molar-refractivity contribution < 1.29 is 26.3 Å². The largest absolute Gasteiger partial charge is 0.416 e. The van der Waals surface area contributed by atoms with Crippen LogP contribution < -0.4 is 0 Å². The molecule has 0 N–H and O–H groups in total. The van der Waals surface area contributed by atoms with Gasteiger partial charge in [0.15, 0.2) is 0 Å². The number of fused-ring (bicyclic) bond motifs is 1. The lowest BCUT2D eigenvalue weighted by atomic mass is 9.98. The van der Waals surface area contributed by atoms with Crippen molar-refractivity contribution in [1.29, 1.82) is 0 Å². The molecule has 0 spiro atoms. The Morgan fingerprint density at radius 1 is 0.760 bits per heavy atom. The van der Waals surface area contributed by atoms with Gasteiger partial charge in [-0.3, -0.25) is 0 Å². The molecule has 0 aliphatic rings. The van der Waals surface area contributed by atoms with Gasteiger partial charge >= 0.3 is 12.4 Å². The fourth-order valence-corrected chi connectivity index (χ4v) is 2.43. The van der Waals surface area contributed by atoms with E-state index in [9.17, 15) is 26.3 Å². The van der Waals surface area contributed by atoms with E-state index >= 15 is 0 Å². The molecule has 0 aliphatic carbocycles. The molecule has 130 valence electrons. The summed E-state index contributed by atoms with van der Waals surface area (Å²) < 4.78 is 77.8. The van der Waals surface area contributed by atoms with Crippen LogP contribution in [0.5, 0.6) is 0 Å². The Labute approximate surface area is 138 Å². The third-order valence-corrected chi connectivity index (χ3v) is 3.62. The zero-order valence-electron chi connectivity index (χ0n) is 12.7. The van der Waals surface area contributed by atoms with Crippen LogP contribution >= 0.6 is 0 Å². The maximum Gasteiger partial charge on any atom is 0.416 e. The van der Waals surface area contributed by atoms with E-state index in [1.54, 1.807) is 6.92 Å². The van der Waals surface area contributed by atoms with Crippen molar-refractivity contribution in [3.8, 4) is 11.1 Å². The normalized spacial score (nSPS) is 12.6. The molecule has 0 saturated carbocycles. The number of benzene rings is 2. The zero-order valence-corrected chi connectivity index (χ0v) is 12.7. The molecule has 2 nitrogen and oxygen atoms in total. The van der Waals surface area contributed by atoms with Gasteiger partial charge in [-0.05, 0) is 48.4 Å². The van der Waals surface area contributed by atoms with E-state index in [2.05, 4.69) is 9.97 Å². The van der Waals surface area contributed by atoms with Gasteiger partial charge in [0.05, 0.1) is 16.6 Å². The Morgan fingerprint density at radius 2 is 1.36 bits per heavy atom. The quantitative estimate of drug-likeness (QED) is 0.527. The van der Waals surface area contributed by atoms with Crippen LogP contribution in [-0.2, 0) is 12.4 Å². The van der Waals surface area contributed by atoms with Crippen LogP contribution in [0.2, 0.25) is 0 Å². The van der Waals surface area contributed by atoms with Gasteiger partial charge < -0.3 is 0 Å². The first-order valence-electron chi connectivity index (χ1n) is 7.07. The monoisotopic (exact) mass is 356 g/mol. The second-order valence-corrected chi connectivity index (χ2v) is 5.49. The first kappa shape index (κ1) is 17.2. The first-order chi connectivity index (χ1) is 11.5. The summed E-state index contributed by atoms with van der Waals surface area (Å²) in [4.78, 5) is 8.14. The maximum absolute atomic E-state index is 13.0. The molecule has 0 bridgehead atoms. The van der Waals surface area contributed by atoms with Crippen LogP contribution in [0, 0.1) is 6.92 Å². The van der Waals surface area contributed by atoms with Gasteiger partial charge in [0, 0.05) is 11.6 Å². The number of nitrogens with zero attached hydrogens (tertiary/aromatic N) is 2. The van der Waals surface area contributed by atoms with Crippen LogP contribution in [0.4, 0.5) is 26.3 Å². The van der Waals surface area contributed by atoms with Gasteiger partial charge in [-0.25, -0.2) is 9.97 Å². The third kappa shape index (κ3) is 3.57. The lowest BCUT2D eigenvalue weighted by molar-refractivity contribution is -0.143. The minimum absolute atomic E-state index is 0.108. The molecule has 0 amide bonds. The summed E-state index contributed by atoms with van der Waals surface area (Å²) in [6.45, 7) is 1.68. The standard InChI is InChI=1S/C17H10F6N2/c1-9-24-8-12-4-10(2-3-15(12)25-9)11-5-13(16(18,19)20)7-14(6-11)17(21,22)23/h2-8H,1H3. The molecule has 0 radical (unpaired) electrons. The number of aryl methyl sites for hydroxylation is 1. The molecule has 2 aromatic carbocycles. The summed E-state index contributed by atoms with van der Waals surface area (Å²) >= 11 is 0. The fourth-order valence-electron chi connectivity index (χ4n) is 2.43. The molecular weight excluding hydrogens is 346 g/mol. The number of hydrogen-bond acceptors (Lipinski definition) is 2. The summed E-state index contributed by atoms with van der Waals surface area (Å²) in [6.07, 6.45) is -8.29. The Kier molecular flexibility index (Phi) is 3.93. The van der Waals surface area contributed by atoms with E-state index in [4.69, 9.17) is 0 Å². The van der Waals surface area contributed by atoms with Crippen LogP contribution in [0.3, 0.4) is 0 Å². The van der Waals surface area contributed by atoms with Crippen LogP contribution in [0.25, 0.3) is 22.0 Å². The predicted octanol–water partition coefficient (Wildman–Crippen LogP) is 5.64. The minimum atomic E-state index is -4.88. The lowest BCUT2D eigenvalue weighted by Gasteiger charge is -2.14. The number of alkyl halides is 6. The molecular formula is C17H10F6N2. The van der Waals surface area contributed by atoms with E-state index in [-0.39, 0.29) is 17.2 Å². The Hall–Kier alpha value is -2.64. The van der Waals surface area contributed by atoms with Crippen molar-refractivity contribution in [3.63, 3.8) is 0 Å². The molecule has 3 aromatic rings. The van der Waals surface area contributed by atoms with Crippen LogP contribution in [0.1, 0.15) is 17.0 Å². The summed E-state index contributed by atoms with van der Waals surface area (Å²) in [7, 11) is 0. The summed E-state index contributed by atoms with van der Waals surface area (Å²) in [5.41, 5.74) is -2.10. The van der Waals surface area contributed by atoms with Gasteiger partial charge in [-0.15, -0.1) is 0 Å². The number of hydrogen-bond donors (Lipinski definition) is 0. The second kappa shape index (κ2) is 5.72. The SMILES string of the molecule is Cc1ncc2cc(-c3cc(C(F)(F)F)cc(C(F)(F)F)c3)ccc2n1. The van der Waals surface area contributed by atoms with Crippen LogP contribution in [-0.4, -0.2) is 9.97 Å². The average molecular weight is 356 g/mol. The van der Waals surface area contributed by atoms with Crippen molar-refractivity contribution in [2.75, 3.05) is 0 Å². The molecule has 0 aliphatic heterocycles. The van der Waals surface area contributed by atoms with E-state index in [0.717, 1.165) is 0 Å². The number of rotatable bonds is 1. The van der Waals surface area contributed by atoms with Gasteiger partial charge in [0.1, 0.15) is 5.82 Å². The van der Waals surface area contributed by atoms with Gasteiger partial charge in [-0.2, -0.15) is 26.3 Å². The second-order valence-electron chi connectivity index (χ2n) is 5.49. The maximum atomic E-state index is 13.0. The highest BCUT2D eigenvalue weighted by atomic mass is 19.4. The molecule has 3 rings (SSSR count). The fraction of sp³-hybridized carbons (Fsp3) is 0.176. The highest BCUT2D eigenvalue weighted by Crippen LogP contribution is 2.38.